The maximum Gasteiger partial charge on any atom is 0.174 e. The van der Waals surface area contributed by atoms with E-state index in [0.29, 0.717) is 18.4 Å². The van der Waals surface area contributed by atoms with E-state index in [0.717, 1.165) is 0 Å². The van der Waals surface area contributed by atoms with Gasteiger partial charge in [-0.1, -0.05) is 18.2 Å². The molecule has 2 N–H and O–H groups in total. The van der Waals surface area contributed by atoms with E-state index < -0.39 is 12.0 Å². The summed E-state index contributed by atoms with van der Waals surface area (Å²) in [4.78, 5) is 0. The fourth-order valence-corrected chi connectivity index (χ4v) is 1.58. The van der Waals surface area contributed by atoms with Crippen LogP contribution in [0.15, 0.2) is 23.8 Å². The number of allylic oxidation sites excluding steroid dienone is 3. The molecule has 0 bridgehead atoms. The zero-order valence-corrected chi connectivity index (χ0v) is 8.57. The van der Waals surface area contributed by atoms with Crippen LogP contribution in [0.5, 0.6) is 0 Å². The molecule has 0 amide bonds. The Kier molecular flexibility index (Phi) is 3.45. The quantitative estimate of drug-likeness (QED) is 0.669. The van der Waals surface area contributed by atoms with E-state index in [-0.39, 0.29) is 5.92 Å². The lowest BCUT2D eigenvalue weighted by Crippen LogP contribution is -2.27. The van der Waals surface area contributed by atoms with E-state index in [1.54, 1.807) is 12.2 Å². The molecular formula is C11H17FO2. The molecule has 1 aliphatic carbocycles. The first-order valence-corrected chi connectivity index (χ1v) is 4.82. The number of hydrogen-bond donors (Lipinski definition) is 2. The standard InChI is InChI=1S/C11H17FO2/c1-11(2,12)9-6-4-3-5-8(7-9)10(13)14/h3-5,9-10,13-14H,6-7H2,1-2H3. The van der Waals surface area contributed by atoms with Gasteiger partial charge in [-0.25, -0.2) is 4.39 Å². The highest BCUT2D eigenvalue weighted by Crippen LogP contribution is 2.32. The van der Waals surface area contributed by atoms with Crippen molar-refractivity contribution in [3.63, 3.8) is 0 Å². The zero-order valence-electron chi connectivity index (χ0n) is 8.57. The molecule has 0 aromatic carbocycles. The molecule has 1 atom stereocenters. The van der Waals surface area contributed by atoms with Crippen LogP contribution in [0.3, 0.4) is 0 Å². The third-order valence-electron chi connectivity index (χ3n) is 2.65. The topological polar surface area (TPSA) is 40.5 Å². The third kappa shape index (κ3) is 2.93. The molecule has 80 valence electrons. The Balaban J connectivity index is 2.77. The van der Waals surface area contributed by atoms with Gasteiger partial charge in [0.2, 0.25) is 0 Å². The number of rotatable bonds is 2. The van der Waals surface area contributed by atoms with Crippen molar-refractivity contribution in [1.29, 1.82) is 0 Å². The van der Waals surface area contributed by atoms with Gasteiger partial charge in [-0.2, -0.15) is 0 Å². The summed E-state index contributed by atoms with van der Waals surface area (Å²) < 4.78 is 13.7. The van der Waals surface area contributed by atoms with Gasteiger partial charge in [0, 0.05) is 0 Å². The van der Waals surface area contributed by atoms with Gasteiger partial charge in [0.05, 0.1) is 0 Å². The molecule has 1 aliphatic rings. The molecular weight excluding hydrogens is 183 g/mol. The average molecular weight is 200 g/mol. The van der Waals surface area contributed by atoms with Gasteiger partial charge >= 0.3 is 0 Å². The van der Waals surface area contributed by atoms with E-state index in [1.165, 1.54) is 13.8 Å². The molecule has 1 unspecified atom stereocenters. The summed E-state index contributed by atoms with van der Waals surface area (Å²) in [6.07, 6.45) is 4.82. The first kappa shape index (κ1) is 11.4. The van der Waals surface area contributed by atoms with Crippen LogP contribution in [0.25, 0.3) is 0 Å². The summed E-state index contributed by atoms with van der Waals surface area (Å²) in [7, 11) is 0. The Labute approximate surface area is 83.8 Å². The Morgan fingerprint density at radius 3 is 2.64 bits per heavy atom. The van der Waals surface area contributed by atoms with Crippen molar-refractivity contribution in [2.45, 2.75) is 38.6 Å². The monoisotopic (exact) mass is 200 g/mol. The molecule has 2 nitrogen and oxygen atoms in total. The van der Waals surface area contributed by atoms with Crippen LogP contribution in [0.2, 0.25) is 0 Å². The van der Waals surface area contributed by atoms with Crippen LogP contribution >= 0.6 is 0 Å². The second-order valence-electron chi connectivity index (χ2n) is 4.24. The highest BCUT2D eigenvalue weighted by Gasteiger charge is 2.30. The molecule has 0 radical (unpaired) electrons. The van der Waals surface area contributed by atoms with Crippen molar-refractivity contribution in [2.24, 2.45) is 5.92 Å². The number of halogens is 1. The lowest BCUT2D eigenvalue weighted by Gasteiger charge is -2.26. The average Bonchev–Trinajstić information content (AvgIpc) is 2.26. The predicted octanol–water partition coefficient (Wildman–Crippen LogP) is 1.94. The van der Waals surface area contributed by atoms with Crippen molar-refractivity contribution >= 4 is 0 Å². The minimum absolute atomic E-state index is 0.186. The first-order valence-electron chi connectivity index (χ1n) is 4.82. The summed E-state index contributed by atoms with van der Waals surface area (Å²) in [6.45, 7) is 3.05. The van der Waals surface area contributed by atoms with Gasteiger partial charge in [-0.3, -0.25) is 0 Å². The van der Waals surface area contributed by atoms with E-state index in [1.807, 2.05) is 6.08 Å². The lowest BCUT2D eigenvalue weighted by atomic mass is 9.85. The molecule has 0 aromatic rings. The van der Waals surface area contributed by atoms with Gasteiger partial charge in [0.1, 0.15) is 5.67 Å². The minimum atomic E-state index is -1.47. The van der Waals surface area contributed by atoms with Crippen LogP contribution in [0, 0.1) is 5.92 Å². The lowest BCUT2D eigenvalue weighted by molar-refractivity contribution is -0.0145. The smallest absolute Gasteiger partial charge is 0.174 e. The molecule has 0 saturated carbocycles. The van der Waals surface area contributed by atoms with Gasteiger partial charge in [0.15, 0.2) is 6.29 Å². The van der Waals surface area contributed by atoms with Crippen molar-refractivity contribution < 1.29 is 14.6 Å². The molecule has 0 aliphatic heterocycles. The van der Waals surface area contributed by atoms with Crippen molar-refractivity contribution in [3.8, 4) is 0 Å². The van der Waals surface area contributed by atoms with Crippen LogP contribution in [0.1, 0.15) is 26.7 Å². The van der Waals surface area contributed by atoms with Crippen LogP contribution in [-0.4, -0.2) is 22.2 Å². The molecule has 0 spiro atoms. The Bertz CT molecular complexity index is 249. The molecule has 0 saturated heterocycles. The second-order valence-corrected chi connectivity index (χ2v) is 4.24. The summed E-state index contributed by atoms with van der Waals surface area (Å²) >= 11 is 0. The summed E-state index contributed by atoms with van der Waals surface area (Å²) in [5.74, 6) is -0.186. The SMILES string of the molecule is CC(C)(F)C1CC=CC=C(C(O)O)C1. The Hall–Kier alpha value is -0.670. The van der Waals surface area contributed by atoms with E-state index in [9.17, 15) is 4.39 Å². The van der Waals surface area contributed by atoms with Crippen LogP contribution in [0.4, 0.5) is 4.39 Å². The summed E-state index contributed by atoms with van der Waals surface area (Å²) in [6, 6.07) is 0. The van der Waals surface area contributed by atoms with Crippen molar-refractivity contribution in [1.82, 2.24) is 0 Å². The largest absolute Gasteiger partial charge is 0.365 e. The third-order valence-corrected chi connectivity index (χ3v) is 2.65. The van der Waals surface area contributed by atoms with Gasteiger partial charge in [0.25, 0.3) is 0 Å². The first-order chi connectivity index (χ1) is 6.41. The highest BCUT2D eigenvalue weighted by molar-refractivity contribution is 5.18. The number of aliphatic hydroxyl groups is 2. The Morgan fingerprint density at radius 1 is 1.50 bits per heavy atom. The van der Waals surface area contributed by atoms with E-state index >= 15 is 0 Å². The molecule has 3 heteroatoms. The fourth-order valence-electron chi connectivity index (χ4n) is 1.58. The van der Waals surface area contributed by atoms with Crippen molar-refractivity contribution in [3.05, 3.63) is 23.8 Å². The van der Waals surface area contributed by atoms with Crippen molar-refractivity contribution in [2.75, 3.05) is 0 Å². The van der Waals surface area contributed by atoms with E-state index in [4.69, 9.17) is 10.2 Å². The number of aliphatic hydroxyl groups excluding tert-OH is 1. The molecule has 14 heavy (non-hydrogen) atoms. The Morgan fingerprint density at radius 2 is 2.14 bits per heavy atom. The van der Waals surface area contributed by atoms with E-state index in [2.05, 4.69) is 0 Å². The molecule has 1 rings (SSSR count). The fraction of sp³-hybridized carbons (Fsp3) is 0.636. The maximum atomic E-state index is 13.7. The summed E-state index contributed by atoms with van der Waals surface area (Å²) in [5.41, 5.74) is -0.808. The number of hydrogen-bond acceptors (Lipinski definition) is 2. The molecule has 0 fully saturated rings. The molecule has 0 aromatic heterocycles. The predicted molar refractivity (Wildman–Crippen MR) is 53.4 cm³/mol. The molecule has 0 heterocycles. The minimum Gasteiger partial charge on any atom is -0.365 e. The normalized spacial score (nSPS) is 23.6. The van der Waals surface area contributed by atoms with Gasteiger partial charge < -0.3 is 10.2 Å². The van der Waals surface area contributed by atoms with Crippen LogP contribution < -0.4 is 0 Å². The van der Waals surface area contributed by atoms with Crippen LogP contribution in [-0.2, 0) is 0 Å². The zero-order chi connectivity index (χ0) is 10.8. The van der Waals surface area contributed by atoms with Gasteiger partial charge in [-0.15, -0.1) is 0 Å². The number of alkyl halides is 1. The highest BCUT2D eigenvalue weighted by atomic mass is 19.1. The van der Waals surface area contributed by atoms with Gasteiger partial charge in [-0.05, 0) is 38.2 Å². The second kappa shape index (κ2) is 4.24. The maximum absolute atomic E-state index is 13.7. The summed E-state index contributed by atoms with van der Waals surface area (Å²) in [5, 5.41) is 18.0.